The van der Waals surface area contributed by atoms with Crippen LogP contribution in [-0.2, 0) is 4.79 Å². The maximum absolute atomic E-state index is 12.4. The number of likely N-dealkylation sites (tertiary alicyclic amines) is 1. The van der Waals surface area contributed by atoms with E-state index in [0.29, 0.717) is 6.54 Å². The molecule has 4 rings (SSSR count). The van der Waals surface area contributed by atoms with E-state index < -0.39 is 0 Å². The lowest BCUT2D eigenvalue weighted by atomic mass is 10.1. The number of hydrogen-bond acceptors (Lipinski definition) is 4. The zero-order chi connectivity index (χ0) is 19.9. The first-order valence-corrected chi connectivity index (χ1v) is 10.1. The van der Waals surface area contributed by atoms with Gasteiger partial charge in [0.2, 0.25) is 5.91 Å². The minimum absolute atomic E-state index is 0.0727. The van der Waals surface area contributed by atoms with Gasteiger partial charge in [-0.3, -0.25) is 9.69 Å². The van der Waals surface area contributed by atoms with Gasteiger partial charge in [0.25, 0.3) is 0 Å². The van der Waals surface area contributed by atoms with Crippen LogP contribution in [0.3, 0.4) is 0 Å². The van der Waals surface area contributed by atoms with Gasteiger partial charge in [0.1, 0.15) is 5.76 Å². The summed E-state index contributed by atoms with van der Waals surface area (Å²) in [6.45, 7) is 2.60. The predicted octanol–water partition coefficient (Wildman–Crippen LogP) is 3.82. The van der Waals surface area contributed by atoms with Crippen molar-refractivity contribution >= 4 is 12.0 Å². The molecule has 29 heavy (non-hydrogen) atoms. The fourth-order valence-corrected chi connectivity index (χ4v) is 3.69. The van der Waals surface area contributed by atoms with Gasteiger partial charge in [-0.15, -0.1) is 0 Å². The number of piperidine rings is 1. The number of rotatable bonds is 7. The SMILES string of the molecule is O=C(C=Cc1cnn(-c2ccccc2)c1)NCC(c1ccco1)N1CCCCC1. The average molecular weight is 390 g/mol. The number of amides is 1. The van der Waals surface area contributed by atoms with Crippen molar-refractivity contribution in [2.45, 2.75) is 25.3 Å². The van der Waals surface area contributed by atoms with Crippen molar-refractivity contribution in [2.24, 2.45) is 0 Å². The Morgan fingerprint density at radius 1 is 1.14 bits per heavy atom. The minimum atomic E-state index is -0.119. The Bertz CT molecular complexity index is 925. The van der Waals surface area contributed by atoms with Gasteiger partial charge in [-0.1, -0.05) is 24.6 Å². The number of para-hydroxylation sites is 1. The van der Waals surface area contributed by atoms with Gasteiger partial charge < -0.3 is 9.73 Å². The molecule has 1 saturated heterocycles. The number of nitrogens with one attached hydrogen (secondary N) is 1. The van der Waals surface area contributed by atoms with Crippen LogP contribution in [-0.4, -0.2) is 40.2 Å². The van der Waals surface area contributed by atoms with Crippen molar-refractivity contribution in [3.05, 3.63) is 78.5 Å². The quantitative estimate of drug-likeness (QED) is 0.623. The van der Waals surface area contributed by atoms with E-state index in [2.05, 4.69) is 15.3 Å². The molecular formula is C23H26N4O2. The van der Waals surface area contributed by atoms with Crippen molar-refractivity contribution < 1.29 is 9.21 Å². The molecule has 3 aromatic rings. The Morgan fingerprint density at radius 2 is 1.97 bits per heavy atom. The third-order valence-electron chi connectivity index (χ3n) is 5.22. The summed E-state index contributed by atoms with van der Waals surface area (Å²) in [4.78, 5) is 14.8. The van der Waals surface area contributed by atoms with Crippen LogP contribution in [0.25, 0.3) is 11.8 Å². The molecule has 3 heterocycles. The highest BCUT2D eigenvalue weighted by Gasteiger charge is 2.24. The fraction of sp³-hybridized carbons (Fsp3) is 0.304. The fourth-order valence-electron chi connectivity index (χ4n) is 3.69. The molecule has 1 N–H and O–H groups in total. The van der Waals surface area contributed by atoms with E-state index in [1.807, 2.05) is 48.7 Å². The highest BCUT2D eigenvalue weighted by Crippen LogP contribution is 2.24. The van der Waals surface area contributed by atoms with E-state index in [9.17, 15) is 4.79 Å². The van der Waals surface area contributed by atoms with Crippen LogP contribution < -0.4 is 5.32 Å². The molecule has 1 aliphatic rings. The van der Waals surface area contributed by atoms with Crippen molar-refractivity contribution in [1.82, 2.24) is 20.0 Å². The van der Waals surface area contributed by atoms with E-state index in [1.165, 1.54) is 19.3 Å². The van der Waals surface area contributed by atoms with Crippen LogP contribution >= 0.6 is 0 Å². The summed E-state index contributed by atoms with van der Waals surface area (Å²) in [7, 11) is 0. The van der Waals surface area contributed by atoms with Crippen molar-refractivity contribution in [2.75, 3.05) is 19.6 Å². The number of nitrogens with zero attached hydrogens (tertiary/aromatic N) is 3. The molecule has 6 heteroatoms. The van der Waals surface area contributed by atoms with Gasteiger partial charge in [-0.05, 0) is 56.3 Å². The van der Waals surface area contributed by atoms with Crippen LogP contribution in [0.15, 0.2) is 71.6 Å². The van der Waals surface area contributed by atoms with Crippen molar-refractivity contribution in [1.29, 1.82) is 0 Å². The molecule has 0 spiro atoms. The Labute approximate surface area is 170 Å². The Hall–Kier alpha value is -3.12. The average Bonchev–Trinajstić information content (AvgIpc) is 3.46. The van der Waals surface area contributed by atoms with E-state index in [4.69, 9.17) is 4.42 Å². The second-order valence-corrected chi connectivity index (χ2v) is 7.26. The maximum atomic E-state index is 12.4. The van der Waals surface area contributed by atoms with Gasteiger partial charge in [-0.2, -0.15) is 5.10 Å². The predicted molar refractivity (Wildman–Crippen MR) is 112 cm³/mol. The first-order chi connectivity index (χ1) is 14.3. The number of furan rings is 1. The molecule has 1 fully saturated rings. The van der Waals surface area contributed by atoms with Crippen LogP contribution in [0.2, 0.25) is 0 Å². The Balaban J connectivity index is 1.35. The summed E-state index contributed by atoms with van der Waals surface area (Å²) < 4.78 is 7.43. The Kier molecular flexibility index (Phi) is 6.22. The zero-order valence-electron chi connectivity index (χ0n) is 16.4. The summed E-state index contributed by atoms with van der Waals surface area (Å²) >= 11 is 0. The first kappa shape index (κ1) is 19.2. The van der Waals surface area contributed by atoms with Crippen molar-refractivity contribution in [3.63, 3.8) is 0 Å². The molecule has 0 radical (unpaired) electrons. The minimum Gasteiger partial charge on any atom is -0.468 e. The van der Waals surface area contributed by atoms with E-state index >= 15 is 0 Å². The third-order valence-corrected chi connectivity index (χ3v) is 5.22. The van der Waals surface area contributed by atoms with Crippen LogP contribution in [0.4, 0.5) is 0 Å². The molecule has 0 saturated carbocycles. The van der Waals surface area contributed by atoms with Gasteiger partial charge in [0, 0.05) is 24.4 Å². The maximum Gasteiger partial charge on any atom is 0.244 e. The number of hydrogen-bond donors (Lipinski definition) is 1. The normalized spacial score (nSPS) is 16.1. The Morgan fingerprint density at radius 3 is 2.72 bits per heavy atom. The second kappa shape index (κ2) is 9.39. The number of benzene rings is 1. The largest absolute Gasteiger partial charge is 0.468 e. The smallest absolute Gasteiger partial charge is 0.244 e. The monoisotopic (exact) mass is 390 g/mol. The topological polar surface area (TPSA) is 63.3 Å². The highest BCUT2D eigenvalue weighted by molar-refractivity contribution is 5.91. The molecule has 0 bridgehead atoms. The van der Waals surface area contributed by atoms with Crippen LogP contribution in [0.1, 0.15) is 36.6 Å². The van der Waals surface area contributed by atoms with Crippen LogP contribution in [0, 0.1) is 0 Å². The number of carbonyl (C=O) groups excluding carboxylic acids is 1. The molecule has 1 aromatic carbocycles. The standard InChI is InChI=1S/C23H26N4O2/c28-23(12-11-19-16-25-27(18-19)20-8-3-1-4-9-20)24-17-21(22-10-7-15-29-22)26-13-5-2-6-14-26/h1,3-4,7-12,15-16,18,21H,2,5-6,13-14,17H2,(H,24,28). The summed E-state index contributed by atoms with van der Waals surface area (Å²) in [6.07, 6.45) is 12.3. The highest BCUT2D eigenvalue weighted by atomic mass is 16.3. The summed E-state index contributed by atoms with van der Waals surface area (Å²) in [5, 5.41) is 7.37. The lowest BCUT2D eigenvalue weighted by molar-refractivity contribution is -0.116. The molecular weight excluding hydrogens is 364 g/mol. The molecule has 150 valence electrons. The molecule has 2 aromatic heterocycles. The molecule has 6 nitrogen and oxygen atoms in total. The van der Waals surface area contributed by atoms with E-state index in [1.54, 1.807) is 29.3 Å². The lowest BCUT2D eigenvalue weighted by Crippen LogP contribution is -2.40. The van der Waals surface area contributed by atoms with Gasteiger partial charge in [-0.25, -0.2) is 4.68 Å². The number of carbonyl (C=O) groups is 1. The number of aromatic nitrogens is 2. The van der Waals surface area contributed by atoms with Gasteiger partial charge in [0.15, 0.2) is 0 Å². The van der Waals surface area contributed by atoms with Crippen molar-refractivity contribution in [3.8, 4) is 5.69 Å². The van der Waals surface area contributed by atoms with E-state index in [0.717, 1.165) is 30.1 Å². The molecule has 1 aliphatic heterocycles. The summed E-state index contributed by atoms with van der Waals surface area (Å²) in [5.74, 6) is 0.784. The molecule has 0 aliphatic carbocycles. The van der Waals surface area contributed by atoms with Gasteiger partial charge in [0.05, 0.1) is 24.2 Å². The molecule has 1 amide bonds. The van der Waals surface area contributed by atoms with E-state index in [-0.39, 0.29) is 11.9 Å². The van der Waals surface area contributed by atoms with Gasteiger partial charge >= 0.3 is 0 Å². The third kappa shape index (κ3) is 5.03. The first-order valence-electron chi connectivity index (χ1n) is 10.1. The summed E-state index contributed by atoms with van der Waals surface area (Å²) in [6, 6.07) is 13.8. The lowest BCUT2D eigenvalue weighted by Gasteiger charge is -2.33. The second-order valence-electron chi connectivity index (χ2n) is 7.26. The summed E-state index contributed by atoms with van der Waals surface area (Å²) in [5.41, 5.74) is 1.86. The molecule has 1 atom stereocenters. The van der Waals surface area contributed by atoms with Crippen LogP contribution in [0.5, 0.6) is 0 Å². The zero-order valence-corrected chi connectivity index (χ0v) is 16.4. The molecule has 1 unspecified atom stereocenters.